The molecular weight excluding hydrogens is 318 g/mol. The third-order valence-corrected chi connectivity index (χ3v) is 5.74. The van der Waals surface area contributed by atoms with Crippen LogP contribution in [0.2, 0.25) is 0 Å². The first kappa shape index (κ1) is 16.2. The van der Waals surface area contributed by atoms with Gasteiger partial charge in [0.1, 0.15) is 0 Å². The first-order valence-electron chi connectivity index (χ1n) is 7.49. The van der Waals surface area contributed by atoms with Crippen molar-refractivity contribution in [1.82, 2.24) is 23.6 Å². The fourth-order valence-corrected chi connectivity index (χ4v) is 4.27. The second kappa shape index (κ2) is 6.06. The summed E-state index contributed by atoms with van der Waals surface area (Å²) in [6.45, 7) is 3.85. The molecule has 1 atom stereocenters. The molecule has 0 unspecified atom stereocenters. The van der Waals surface area contributed by atoms with E-state index in [1.165, 1.54) is 16.8 Å². The van der Waals surface area contributed by atoms with E-state index >= 15 is 0 Å². The fourth-order valence-electron chi connectivity index (χ4n) is 2.86. The van der Waals surface area contributed by atoms with Crippen LogP contribution in [0.15, 0.2) is 23.7 Å². The Balaban J connectivity index is 1.96. The van der Waals surface area contributed by atoms with Gasteiger partial charge in [-0.1, -0.05) is 0 Å². The van der Waals surface area contributed by atoms with Gasteiger partial charge in [0.05, 0.1) is 25.2 Å². The van der Waals surface area contributed by atoms with Crippen molar-refractivity contribution in [2.45, 2.75) is 31.0 Å². The van der Waals surface area contributed by atoms with E-state index in [0.29, 0.717) is 13.2 Å². The fraction of sp³-hybridized carbons (Fsp3) is 0.571. The largest absolute Gasteiger partial charge is 0.384 e. The molecule has 0 spiro atoms. The molecule has 126 valence electrons. The molecule has 2 aromatic rings. The molecule has 3 heterocycles. The molecule has 3 rings (SSSR count). The number of nitrogens with zero attached hydrogens (tertiary/aromatic N) is 5. The van der Waals surface area contributed by atoms with E-state index in [0.717, 1.165) is 17.8 Å². The molecule has 0 bridgehead atoms. The minimum Gasteiger partial charge on any atom is -0.384 e. The Kier molecular flexibility index (Phi) is 4.26. The molecule has 2 aromatic heterocycles. The number of hydrogen-bond donors (Lipinski definition) is 0. The average Bonchev–Trinajstić information content (AvgIpc) is 3.13. The van der Waals surface area contributed by atoms with Gasteiger partial charge in [0.25, 0.3) is 10.0 Å². The van der Waals surface area contributed by atoms with Gasteiger partial charge in [-0.3, -0.25) is 4.68 Å². The van der Waals surface area contributed by atoms with Crippen LogP contribution in [-0.4, -0.2) is 52.3 Å². The summed E-state index contributed by atoms with van der Waals surface area (Å²) in [5.41, 5.74) is 1.86. The summed E-state index contributed by atoms with van der Waals surface area (Å²) < 4.78 is 35.8. The van der Waals surface area contributed by atoms with E-state index in [1.807, 2.05) is 17.8 Å². The number of sulfonamides is 1. The van der Waals surface area contributed by atoms with E-state index in [9.17, 15) is 8.42 Å². The highest BCUT2D eigenvalue weighted by Gasteiger charge is 2.36. The smallest absolute Gasteiger partial charge is 0.262 e. The van der Waals surface area contributed by atoms with E-state index < -0.39 is 10.0 Å². The van der Waals surface area contributed by atoms with Crippen LogP contribution >= 0.6 is 0 Å². The Morgan fingerprint density at radius 3 is 2.78 bits per heavy atom. The number of methoxy groups -OCH3 is 1. The lowest BCUT2D eigenvalue weighted by atomic mass is 9.97. The van der Waals surface area contributed by atoms with Gasteiger partial charge in [-0.15, -0.1) is 0 Å². The van der Waals surface area contributed by atoms with E-state index in [1.54, 1.807) is 18.7 Å². The van der Waals surface area contributed by atoms with E-state index in [-0.39, 0.29) is 17.5 Å². The Labute approximate surface area is 135 Å². The van der Waals surface area contributed by atoms with Crippen molar-refractivity contribution in [3.8, 4) is 0 Å². The van der Waals surface area contributed by atoms with Gasteiger partial charge < -0.3 is 9.30 Å². The third-order valence-electron chi connectivity index (χ3n) is 4.04. The SMILES string of the molecule is CCn1cc2c(n1)CN(S(=O)(=O)c1cn(C)cn1)C[C@@H]2COC. The standard InChI is InChI=1S/C14H21N5O3S/c1-4-18-6-12-11(9-22-3)5-19(7-13(12)16-18)23(20,21)14-8-17(2)10-15-14/h6,8,10-11H,4-5,7,9H2,1-3H3/t11-/m1/s1. The van der Waals surface area contributed by atoms with Gasteiger partial charge in [-0.2, -0.15) is 9.40 Å². The topological polar surface area (TPSA) is 82.3 Å². The third kappa shape index (κ3) is 2.91. The lowest BCUT2D eigenvalue weighted by Gasteiger charge is -2.30. The Morgan fingerprint density at radius 1 is 1.39 bits per heavy atom. The molecule has 0 amide bonds. The lowest BCUT2D eigenvalue weighted by molar-refractivity contribution is 0.162. The maximum absolute atomic E-state index is 12.8. The second-order valence-corrected chi connectivity index (χ2v) is 7.60. The number of hydrogen-bond acceptors (Lipinski definition) is 5. The van der Waals surface area contributed by atoms with Crippen LogP contribution in [0.3, 0.4) is 0 Å². The van der Waals surface area contributed by atoms with E-state index in [2.05, 4.69) is 10.1 Å². The van der Waals surface area contributed by atoms with Gasteiger partial charge >= 0.3 is 0 Å². The maximum Gasteiger partial charge on any atom is 0.262 e. The van der Waals surface area contributed by atoms with Crippen molar-refractivity contribution in [2.75, 3.05) is 20.3 Å². The lowest BCUT2D eigenvalue weighted by Crippen LogP contribution is -2.39. The number of imidazole rings is 1. The van der Waals surface area contributed by atoms with Crippen LogP contribution in [0, 0.1) is 0 Å². The van der Waals surface area contributed by atoms with Crippen LogP contribution in [-0.2, 0) is 34.9 Å². The molecule has 1 aliphatic heterocycles. The van der Waals surface area contributed by atoms with Gasteiger partial charge in [-0.25, -0.2) is 13.4 Å². The van der Waals surface area contributed by atoms with Crippen molar-refractivity contribution in [2.24, 2.45) is 7.05 Å². The highest BCUT2D eigenvalue weighted by molar-refractivity contribution is 7.89. The molecule has 9 heteroatoms. The molecular formula is C14H21N5O3S. The van der Waals surface area contributed by atoms with Crippen LogP contribution in [0.25, 0.3) is 0 Å². The van der Waals surface area contributed by atoms with Gasteiger partial charge in [0.15, 0.2) is 5.03 Å². The molecule has 8 nitrogen and oxygen atoms in total. The molecule has 0 radical (unpaired) electrons. The summed E-state index contributed by atoms with van der Waals surface area (Å²) in [7, 11) is -0.268. The molecule has 0 saturated carbocycles. The number of ether oxygens (including phenoxy) is 1. The zero-order valence-electron chi connectivity index (χ0n) is 13.5. The number of rotatable bonds is 5. The van der Waals surface area contributed by atoms with Gasteiger partial charge in [0, 0.05) is 51.1 Å². The van der Waals surface area contributed by atoms with Gasteiger partial charge in [0.2, 0.25) is 0 Å². The summed E-state index contributed by atoms with van der Waals surface area (Å²) in [4.78, 5) is 3.99. The maximum atomic E-state index is 12.8. The zero-order valence-corrected chi connectivity index (χ0v) is 14.3. The summed E-state index contributed by atoms with van der Waals surface area (Å²) in [5, 5.41) is 4.56. The Bertz CT molecular complexity index is 795. The molecule has 0 aromatic carbocycles. The zero-order chi connectivity index (χ0) is 16.6. The van der Waals surface area contributed by atoms with Crippen LogP contribution in [0.4, 0.5) is 0 Å². The molecule has 23 heavy (non-hydrogen) atoms. The minimum atomic E-state index is -3.64. The summed E-state index contributed by atoms with van der Waals surface area (Å²) in [5.74, 6) is -0.0254. The van der Waals surface area contributed by atoms with Crippen molar-refractivity contribution in [3.05, 3.63) is 30.0 Å². The van der Waals surface area contributed by atoms with Crippen LogP contribution < -0.4 is 0 Å². The highest BCUT2D eigenvalue weighted by atomic mass is 32.2. The Hall–Kier alpha value is -1.71. The van der Waals surface area contributed by atoms with Crippen molar-refractivity contribution >= 4 is 10.0 Å². The van der Waals surface area contributed by atoms with Crippen molar-refractivity contribution in [1.29, 1.82) is 0 Å². The van der Waals surface area contributed by atoms with Crippen molar-refractivity contribution < 1.29 is 13.2 Å². The predicted octanol–water partition coefficient (Wildman–Crippen LogP) is 0.571. The molecule has 0 fully saturated rings. The van der Waals surface area contributed by atoms with Gasteiger partial charge in [-0.05, 0) is 6.92 Å². The molecule has 0 aliphatic carbocycles. The predicted molar refractivity (Wildman–Crippen MR) is 83.3 cm³/mol. The molecule has 0 saturated heterocycles. The van der Waals surface area contributed by atoms with Crippen LogP contribution in [0.1, 0.15) is 24.1 Å². The quantitative estimate of drug-likeness (QED) is 0.795. The first-order chi connectivity index (χ1) is 11.0. The second-order valence-electron chi connectivity index (χ2n) is 5.71. The number of aryl methyl sites for hydroxylation is 2. The summed E-state index contributed by atoms with van der Waals surface area (Å²) in [6.07, 6.45) is 4.99. The number of aromatic nitrogens is 4. The molecule has 0 N–H and O–H groups in total. The number of fused-ring (bicyclic) bond motifs is 1. The summed E-state index contributed by atoms with van der Waals surface area (Å²) in [6, 6.07) is 0. The first-order valence-corrected chi connectivity index (χ1v) is 8.93. The minimum absolute atomic E-state index is 0.0254. The normalized spacial score (nSPS) is 19.0. The van der Waals surface area contributed by atoms with Crippen molar-refractivity contribution in [3.63, 3.8) is 0 Å². The Morgan fingerprint density at radius 2 is 2.17 bits per heavy atom. The highest BCUT2D eigenvalue weighted by Crippen LogP contribution is 2.31. The summed E-state index contributed by atoms with van der Waals surface area (Å²) >= 11 is 0. The van der Waals surface area contributed by atoms with Crippen LogP contribution in [0.5, 0.6) is 0 Å². The molecule has 1 aliphatic rings. The average molecular weight is 339 g/mol. The monoisotopic (exact) mass is 339 g/mol. The van der Waals surface area contributed by atoms with E-state index in [4.69, 9.17) is 4.74 Å².